The number of benzene rings is 1. The van der Waals surface area contributed by atoms with E-state index in [0.29, 0.717) is 10.5 Å². The lowest BCUT2D eigenvalue weighted by Crippen LogP contribution is -1.90. The fourth-order valence-corrected chi connectivity index (χ4v) is 2.26. The fourth-order valence-electron chi connectivity index (χ4n) is 1.51. The Hall–Kier alpha value is -0.930. The van der Waals surface area contributed by atoms with Gasteiger partial charge in [-0.25, -0.2) is 9.37 Å². The first-order valence-corrected chi connectivity index (χ1v) is 6.17. The van der Waals surface area contributed by atoms with Crippen molar-refractivity contribution in [3.8, 4) is 11.1 Å². The Morgan fingerprint density at radius 2 is 1.88 bits per heavy atom. The van der Waals surface area contributed by atoms with E-state index in [1.54, 1.807) is 18.3 Å². The zero-order chi connectivity index (χ0) is 11.5. The summed E-state index contributed by atoms with van der Waals surface area (Å²) < 4.78 is 12.8. The number of hydrogen-bond donors (Lipinski definition) is 0. The summed E-state index contributed by atoms with van der Waals surface area (Å²) in [6.45, 7) is 0. The van der Waals surface area contributed by atoms with Crippen LogP contribution in [0.25, 0.3) is 11.1 Å². The van der Waals surface area contributed by atoms with Gasteiger partial charge in [-0.05, 0) is 29.3 Å². The molecule has 82 valence electrons. The summed E-state index contributed by atoms with van der Waals surface area (Å²) in [5.41, 5.74) is 2.75. The number of aromatic nitrogens is 1. The predicted octanol–water partition coefficient (Wildman–Crippen LogP) is 4.44. The van der Waals surface area contributed by atoms with Crippen molar-refractivity contribution >= 4 is 27.5 Å². The predicted molar refractivity (Wildman–Crippen MR) is 67.3 cm³/mol. The zero-order valence-corrected chi connectivity index (χ0v) is 10.6. The second kappa shape index (κ2) is 4.93. The highest BCUT2D eigenvalue weighted by Gasteiger charge is 2.09. The van der Waals surface area contributed by atoms with Crippen LogP contribution in [-0.2, 0) is 5.33 Å². The first kappa shape index (κ1) is 11.6. The lowest BCUT2D eigenvalue weighted by Gasteiger charge is -2.08. The first-order valence-electron chi connectivity index (χ1n) is 4.67. The van der Waals surface area contributed by atoms with E-state index in [4.69, 9.17) is 11.6 Å². The minimum Gasteiger partial charge on any atom is -0.244 e. The van der Waals surface area contributed by atoms with Crippen LogP contribution >= 0.6 is 27.5 Å². The van der Waals surface area contributed by atoms with Gasteiger partial charge in [-0.3, -0.25) is 0 Å². The molecule has 0 bridgehead atoms. The van der Waals surface area contributed by atoms with E-state index in [2.05, 4.69) is 20.9 Å². The number of pyridine rings is 1. The van der Waals surface area contributed by atoms with Crippen LogP contribution in [0.4, 0.5) is 4.39 Å². The molecule has 16 heavy (non-hydrogen) atoms. The Kier molecular flexibility index (Phi) is 3.56. The van der Waals surface area contributed by atoms with Crippen molar-refractivity contribution in [2.24, 2.45) is 0 Å². The van der Waals surface area contributed by atoms with Crippen molar-refractivity contribution in [2.75, 3.05) is 0 Å². The molecule has 0 aliphatic rings. The highest BCUT2D eigenvalue weighted by molar-refractivity contribution is 9.08. The van der Waals surface area contributed by atoms with Crippen molar-refractivity contribution in [2.45, 2.75) is 5.33 Å². The maximum atomic E-state index is 12.8. The summed E-state index contributed by atoms with van der Waals surface area (Å²) in [4.78, 5) is 4.04. The van der Waals surface area contributed by atoms with Crippen molar-refractivity contribution in [3.05, 3.63) is 53.1 Å². The average molecular weight is 301 g/mol. The molecule has 0 saturated heterocycles. The Morgan fingerprint density at radius 1 is 1.19 bits per heavy atom. The van der Waals surface area contributed by atoms with E-state index in [1.807, 2.05) is 6.07 Å². The Morgan fingerprint density at radius 3 is 2.50 bits per heavy atom. The second-order valence-electron chi connectivity index (χ2n) is 3.28. The third kappa shape index (κ3) is 2.25. The summed E-state index contributed by atoms with van der Waals surface area (Å²) in [6, 6.07) is 8.11. The van der Waals surface area contributed by atoms with E-state index >= 15 is 0 Å². The van der Waals surface area contributed by atoms with Crippen LogP contribution in [0.1, 0.15) is 5.56 Å². The number of rotatable bonds is 2. The van der Waals surface area contributed by atoms with Crippen LogP contribution in [0.2, 0.25) is 5.15 Å². The largest absolute Gasteiger partial charge is 0.244 e. The molecule has 1 heterocycles. The van der Waals surface area contributed by atoms with Gasteiger partial charge in [0.2, 0.25) is 0 Å². The molecule has 0 aliphatic carbocycles. The van der Waals surface area contributed by atoms with Crippen molar-refractivity contribution in [1.82, 2.24) is 4.98 Å². The van der Waals surface area contributed by atoms with Gasteiger partial charge in [-0.15, -0.1) is 0 Å². The molecule has 0 radical (unpaired) electrons. The normalized spacial score (nSPS) is 10.4. The zero-order valence-electron chi connectivity index (χ0n) is 8.25. The molecule has 1 aromatic carbocycles. The molecule has 0 saturated carbocycles. The van der Waals surface area contributed by atoms with Gasteiger partial charge in [0.15, 0.2) is 0 Å². The Labute approximate surface area is 106 Å². The number of halogens is 3. The van der Waals surface area contributed by atoms with Crippen LogP contribution in [-0.4, -0.2) is 4.98 Å². The molecule has 4 heteroatoms. The molecule has 0 unspecified atom stereocenters. The monoisotopic (exact) mass is 299 g/mol. The number of alkyl halides is 1. The van der Waals surface area contributed by atoms with Crippen LogP contribution in [0.15, 0.2) is 36.5 Å². The van der Waals surface area contributed by atoms with Crippen molar-refractivity contribution < 1.29 is 4.39 Å². The standard InChI is InChI=1S/C12H8BrClFN/c13-7-9-5-6-16-12(14)11(9)8-1-3-10(15)4-2-8/h1-6H,7H2. The molecular formula is C12H8BrClFN. The second-order valence-corrected chi connectivity index (χ2v) is 4.20. The van der Waals surface area contributed by atoms with Gasteiger partial charge < -0.3 is 0 Å². The van der Waals surface area contributed by atoms with Crippen LogP contribution in [0.5, 0.6) is 0 Å². The topological polar surface area (TPSA) is 12.9 Å². The number of nitrogens with zero attached hydrogens (tertiary/aromatic N) is 1. The fraction of sp³-hybridized carbons (Fsp3) is 0.0833. The minimum atomic E-state index is -0.260. The quantitative estimate of drug-likeness (QED) is 0.590. The van der Waals surface area contributed by atoms with Crippen LogP contribution in [0, 0.1) is 5.82 Å². The van der Waals surface area contributed by atoms with Gasteiger partial charge in [0, 0.05) is 17.1 Å². The highest BCUT2D eigenvalue weighted by Crippen LogP contribution is 2.31. The minimum absolute atomic E-state index is 0.260. The average Bonchev–Trinajstić information content (AvgIpc) is 2.30. The molecule has 2 aromatic rings. The summed E-state index contributed by atoms with van der Waals surface area (Å²) in [6.07, 6.45) is 1.66. The summed E-state index contributed by atoms with van der Waals surface area (Å²) in [7, 11) is 0. The lowest BCUT2D eigenvalue weighted by molar-refractivity contribution is 0.628. The van der Waals surface area contributed by atoms with Gasteiger partial charge in [0.25, 0.3) is 0 Å². The van der Waals surface area contributed by atoms with Crippen molar-refractivity contribution in [1.29, 1.82) is 0 Å². The smallest absolute Gasteiger partial charge is 0.137 e. The van der Waals surface area contributed by atoms with Gasteiger partial charge in [0.05, 0.1) is 0 Å². The first-order chi connectivity index (χ1) is 7.72. The molecule has 1 nitrogen and oxygen atoms in total. The van der Waals surface area contributed by atoms with E-state index in [0.717, 1.165) is 16.7 Å². The Bertz CT molecular complexity index is 499. The summed E-state index contributed by atoms with van der Waals surface area (Å²) in [5.74, 6) is -0.260. The molecule has 0 aliphatic heterocycles. The number of hydrogen-bond acceptors (Lipinski definition) is 1. The van der Waals surface area contributed by atoms with Crippen LogP contribution in [0.3, 0.4) is 0 Å². The molecule has 2 rings (SSSR count). The SMILES string of the molecule is Fc1ccc(-c2c(CBr)ccnc2Cl)cc1. The molecule has 0 N–H and O–H groups in total. The molecular weight excluding hydrogens is 292 g/mol. The maximum Gasteiger partial charge on any atom is 0.137 e. The van der Waals surface area contributed by atoms with E-state index in [-0.39, 0.29) is 5.82 Å². The van der Waals surface area contributed by atoms with E-state index < -0.39 is 0 Å². The molecule has 0 fully saturated rings. The molecule has 0 spiro atoms. The lowest BCUT2D eigenvalue weighted by atomic mass is 10.0. The third-order valence-electron chi connectivity index (χ3n) is 2.27. The summed E-state index contributed by atoms with van der Waals surface area (Å²) in [5, 5.41) is 1.12. The van der Waals surface area contributed by atoms with Gasteiger partial charge in [-0.2, -0.15) is 0 Å². The van der Waals surface area contributed by atoms with Gasteiger partial charge >= 0.3 is 0 Å². The van der Waals surface area contributed by atoms with E-state index in [9.17, 15) is 4.39 Å². The Balaban J connectivity index is 2.58. The van der Waals surface area contributed by atoms with Gasteiger partial charge in [0.1, 0.15) is 11.0 Å². The highest BCUT2D eigenvalue weighted by atomic mass is 79.9. The molecule has 0 amide bonds. The van der Waals surface area contributed by atoms with Crippen LogP contribution < -0.4 is 0 Å². The van der Waals surface area contributed by atoms with Crippen molar-refractivity contribution in [3.63, 3.8) is 0 Å². The summed E-state index contributed by atoms with van der Waals surface area (Å²) >= 11 is 9.45. The molecule has 0 atom stereocenters. The third-order valence-corrected chi connectivity index (χ3v) is 3.16. The van der Waals surface area contributed by atoms with E-state index in [1.165, 1.54) is 12.1 Å². The maximum absolute atomic E-state index is 12.8. The molecule has 1 aromatic heterocycles. The van der Waals surface area contributed by atoms with Gasteiger partial charge in [-0.1, -0.05) is 39.7 Å².